The third kappa shape index (κ3) is 5.91. The minimum atomic E-state index is -0.341. The van der Waals surface area contributed by atoms with Crippen molar-refractivity contribution in [3.63, 3.8) is 0 Å². The van der Waals surface area contributed by atoms with Crippen molar-refractivity contribution >= 4 is 16.8 Å². The van der Waals surface area contributed by atoms with Crippen molar-refractivity contribution in [2.45, 2.75) is 52.5 Å². The minimum absolute atomic E-state index is 0.0678. The molecule has 4 rings (SSSR count). The van der Waals surface area contributed by atoms with E-state index in [2.05, 4.69) is 6.92 Å². The summed E-state index contributed by atoms with van der Waals surface area (Å²) in [4.78, 5) is 34.3. The molecule has 0 aliphatic rings. The number of fused-ring (bicyclic) bond motifs is 1. The average Bonchev–Trinajstić information content (AvgIpc) is 2.93. The molecule has 0 aliphatic heterocycles. The smallest absolute Gasteiger partial charge is 0.266 e. The highest BCUT2D eigenvalue weighted by Gasteiger charge is 2.28. The molecule has 4 aromatic rings. The highest BCUT2D eigenvalue weighted by Crippen LogP contribution is 2.28. The molecule has 1 amide bonds. The predicted octanol–water partition coefficient (Wildman–Crippen LogP) is 6.11. The first-order chi connectivity index (χ1) is 18.1. The van der Waals surface area contributed by atoms with Crippen LogP contribution < -0.4 is 10.3 Å². The molecule has 0 saturated heterocycles. The van der Waals surface area contributed by atoms with Crippen LogP contribution in [0.3, 0.4) is 0 Å². The van der Waals surface area contributed by atoms with Gasteiger partial charge in [0, 0.05) is 13.0 Å². The number of carbonyl (C=O) groups is 1. The Kier molecular flexibility index (Phi) is 8.72. The van der Waals surface area contributed by atoms with Crippen molar-refractivity contribution in [1.29, 1.82) is 0 Å². The van der Waals surface area contributed by atoms with Crippen LogP contribution in [0.2, 0.25) is 0 Å². The standard InChI is InChI=1S/C31H35N3O3/c1-4-22-33(29(35)21-16-23-12-8-7-9-13-23)28(5-2)30-32-27-15-11-10-14-26(27)31(36)34(30)24-17-19-25(20-18-24)37-6-3/h7-15,17-20,28H,4-6,16,21-22H2,1-3H3. The summed E-state index contributed by atoms with van der Waals surface area (Å²) in [6, 6.07) is 24.6. The normalized spacial score (nSPS) is 11.9. The van der Waals surface area contributed by atoms with E-state index in [1.807, 2.05) is 91.5 Å². The lowest BCUT2D eigenvalue weighted by Crippen LogP contribution is -2.39. The molecule has 6 nitrogen and oxygen atoms in total. The number of amides is 1. The van der Waals surface area contributed by atoms with Gasteiger partial charge in [-0.05, 0) is 68.1 Å². The number of nitrogens with zero attached hydrogens (tertiary/aromatic N) is 3. The highest BCUT2D eigenvalue weighted by atomic mass is 16.5. The first-order valence-corrected chi connectivity index (χ1v) is 13.2. The minimum Gasteiger partial charge on any atom is -0.494 e. The van der Waals surface area contributed by atoms with Gasteiger partial charge >= 0.3 is 0 Å². The first-order valence-electron chi connectivity index (χ1n) is 13.2. The number of para-hydroxylation sites is 1. The second kappa shape index (κ2) is 12.3. The molecule has 37 heavy (non-hydrogen) atoms. The van der Waals surface area contributed by atoms with Gasteiger partial charge in [-0.3, -0.25) is 14.2 Å². The van der Waals surface area contributed by atoms with Crippen LogP contribution in [-0.4, -0.2) is 33.5 Å². The summed E-state index contributed by atoms with van der Waals surface area (Å²) in [5, 5.41) is 0.549. The second-order valence-corrected chi connectivity index (χ2v) is 9.05. The zero-order chi connectivity index (χ0) is 26.2. The molecule has 0 fully saturated rings. The summed E-state index contributed by atoms with van der Waals surface area (Å²) >= 11 is 0. The van der Waals surface area contributed by atoms with Gasteiger partial charge in [0.25, 0.3) is 5.56 Å². The molecule has 0 aliphatic carbocycles. The van der Waals surface area contributed by atoms with E-state index < -0.39 is 0 Å². The van der Waals surface area contributed by atoms with Crippen molar-refractivity contribution in [3.8, 4) is 11.4 Å². The van der Waals surface area contributed by atoms with Gasteiger partial charge in [-0.15, -0.1) is 0 Å². The highest BCUT2D eigenvalue weighted by molar-refractivity contribution is 5.79. The number of benzene rings is 3. The van der Waals surface area contributed by atoms with E-state index in [-0.39, 0.29) is 17.5 Å². The molecule has 1 unspecified atom stereocenters. The van der Waals surface area contributed by atoms with Crippen LogP contribution in [0.25, 0.3) is 16.6 Å². The quantitative estimate of drug-likeness (QED) is 0.251. The Balaban J connectivity index is 1.79. The fourth-order valence-corrected chi connectivity index (χ4v) is 4.76. The van der Waals surface area contributed by atoms with E-state index >= 15 is 0 Å². The van der Waals surface area contributed by atoms with Gasteiger partial charge in [-0.2, -0.15) is 0 Å². The third-order valence-corrected chi connectivity index (χ3v) is 6.52. The lowest BCUT2D eigenvalue weighted by molar-refractivity contribution is -0.134. The van der Waals surface area contributed by atoms with Crippen LogP contribution >= 0.6 is 0 Å². The van der Waals surface area contributed by atoms with Crippen molar-refractivity contribution in [2.24, 2.45) is 0 Å². The SMILES string of the molecule is CCCN(C(=O)CCc1ccccc1)C(CC)c1nc2ccccc2c(=O)n1-c1ccc(OCC)cc1. The molecule has 0 saturated carbocycles. The average molecular weight is 498 g/mol. The van der Waals surface area contributed by atoms with Gasteiger partial charge < -0.3 is 9.64 Å². The molecule has 0 bridgehead atoms. The van der Waals surface area contributed by atoms with E-state index in [4.69, 9.17) is 9.72 Å². The molecular weight excluding hydrogens is 462 g/mol. The lowest BCUT2D eigenvalue weighted by Gasteiger charge is -2.32. The van der Waals surface area contributed by atoms with Gasteiger partial charge in [0.05, 0.1) is 29.2 Å². The van der Waals surface area contributed by atoms with Crippen LogP contribution in [0.5, 0.6) is 5.75 Å². The van der Waals surface area contributed by atoms with Gasteiger partial charge in [-0.1, -0.05) is 56.3 Å². The van der Waals surface area contributed by atoms with E-state index in [1.54, 1.807) is 10.6 Å². The number of hydrogen-bond acceptors (Lipinski definition) is 4. The molecule has 3 aromatic carbocycles. The maximum absolute atomic E-state index is 13.8. The molecular formula is C31H35N3O3. The summed E-state index contributed by atoms with van der Waals surface area (Å²) < 4.78 is 7.27. The van der Waals surface area contributed by atoms with E-state index in [0.29, 0.717) is 54.8 Å². The zero-order valence-corrected chi connectivity index (χ0v) is 21.9. The number of hydrogen-bond donors (Lipinski definition) is 0. The fourth-order valence-electron chi connectivity index (χ4n) is 4.76. The molecule has 1 aromatic heterocycles. The lowest BCUT2D eigenvalue weighted by atomic mass is 10.1. The largest absolute Gasteiger partial charge is 0.494 e. The van der Waals surface area contributed by atoms with Crippen molar-refractivity contribution in [3.05, 3.63) is 101 Å². The molecule has 0 spiro atoms. The summed E-state index contributed by atoms with van der Waals surface area (Å²) in [7, 11) is 0. The zero-order valence-electron chi connectivity index (χ0n) is 21.9. The van der Waals surface area contributed by atoms with Crippen molar-refractivity contribution in [1.82, 2.24) is 14.5 Å². The predicted molar refractivity (Wildman–Crippen MR) is 148 cm³/mol. The number of carbonyl (C=O) groups excluding carboxylic acids is 1. The van der Waals surface area contributed by atoms with Gasteiger partial charge in [0.2, 0.25) is 5.91 Å². The summed E-state index contributed by atoms with van der Waals surface area (Å²) in [6.07, 6.45) is 2.53. The summed E-state index contributed by atoms with van der Waals surface area (Å²) in [6.45, 7) is 7.21. The monoisotopic (exact) mass is 497 g/mol. The van der Waals surface area contributed by atoms with Crippen molar-refractivity contribution in [2.75, 3.05) is 13.2 Å². The third-order valence-electron chi connectivity index (χ3n) is 6.52. The Morgan fingerprint density at radius 2 is 1.65 bits per heavy atom. The number of rotatable bonds is 11. The van der Waals surface area contributed by atoms with E-state index in [1.165, 1.54) is 0 Å². The second-order valence-electron chi connectivity index (χ2n) is 9.05. The van der Waals surface area contributed by atoms with Gasteiger partial charge in [0.15, 0.2) is 0 Å². The Morgan fingerprint density at radius 3 is 2.32 bits per heavy atom. The van der Waals surface area contributed by atoms with Crippen LogP contribution in [-0.2, 0) is 11.2 Å². The molecule has 1 atom stereocenters. The van der Waals surface area contributed by atoms with Gasteiger partial charge in [0.1, 0.15) is 11.6 Å². The number of aromatic nitrogens is 2. The van der Waals surface area contributed by atoms with Crippen LogP contribution in [0.1, 0.15) is 57.5 Å². The summed E-state index contributed by atoms with van der Waals surface area (Å²) in [5.74, 6) is 1.39. The van der Waals surface area contributed by atoms with Crippen molar-refractivity contribution < 1.29 is 9.53 Å². The maximum Gasteiger partial charge on any atom is 0.266 e. The van der Waals surface area contributed by atoms with Crippen LogP contribution in [0.4, 0.5) is 0 Å². The topological polar surface area (TPSA) is 64.4 Å². The van der Waals surface area contributed by atoms with E-state index in [9.17, 15) is 9.59 Å². The maximum atomic E-state index is 13.8. The Morgan fingerprint density at radius 1 is 0.946 bits per heavy atom. The molecule has 192 valence electrons. The van der Waals surface area contributed by atoms with Crippen LogP contribution in [0, 0.1) is 0 Å². The number of aryl methyl sites for hydroxylation is 1. The van der Waals surface area contributed by atoms with E-state index in [0.717, 1.165) is 17.7 Å². The Hall–Kier alpha value is -3.93. The Labute approximate surface area is 218 Å². The fraction of sp³-hybridized carbons (Fsp3) is 0.323. The molecule has 0 radical (unpaired) electrons. The molecule has 1 heterocycles. The first kappa shape index (κ1) is 26.1. The molecule has 0 N–H and O–H groups in total. The summed E-state index contributed by atoms with van der Waals surface area (Å²) in [5.41, 5.74) is 2.33. The molecule has 6 heteroatoms. The Bertz CT molecular complexity index is 1380. The van der Waals surface area contributed by atoms with Crippen LogP contribution in [0.15, 0.2) is 83.7 Å². The van der Waals surface area contributed by atoms with Gasteiger partial charge in [-0.25, -0.2) is 4.98 Å². The number of ether oxygens (including phenoxy) is 1.